The molecule has 3 N–H and O–H groups in total. The van der Waals surface area contributed by atoms with Crippen LogP contribution in [0.25, 0.3) is 0 Å². The highest BCUT2D eigenvalue weighted by molar-refractivity contribution is 5.84. The minimum absolute atomic E-state index is 0.00386. The van der Waals surface area contributed by atoms with Crippen LogP contribution in [0.3, 0.4) is 0 Å². The molecule has 0 aliphatic rings. The maximum absolute atomic E-state index is 12.2. The second kappa shape index (κ2) is 24.7. The first kappa shape index (κ1) is 34.0. The average molecular weight is 514 g/mol. The van der Waals surface area contributed by atoms with Crippen molar-refractivity contribution in [1.82, 2.24) is 5.32 Å². The second-order valence-electron chi connectivity index (χ2n) is 9.71. The van der Waals surface area contributed by atoms with Crippen LogP contribution >= 0.6 is 0 Å². The maximum Gasteiger partial charge on any atom is 0.306 e. The summed E-state index contributed by atoms with van der Waals surface area (Å²) in [6.45, 7) is 3.30. The molecule has 0 fully saturated rings. The van der Waals surface area contributed by atoms with Gasteiger partial charge in [-0.2, -0.15) is 0 Å². The van der Waals surface area contributed by atoms with Gasteiger partial charge in [0.25, 0.3) is 0 Å². The third kappa shape index (κ3) is 23.8. The summed E-state index contributed by atoms with van der Waals surface area (Å²) in [6, 6.07) is 0. The summed E-state index contributed by atoms with van der Waals surface area (Å²) in [6.07, 6.45) is 16.7. The quantitative estimate of drug-likeness (QED) is 0.116. The number of nitrogens with one attached hydrogen (secondary N) is 1. The first-order chi connectivity index (χ1) is 17.4. The van der Waals surface area contributed by atoms with Gasteiger partial charge in [0.15, 0.2) is 0 Å². The summed E-state index contributed by atoms with van der Waals surface area (Å²) >= 11 is 0. The number of unbranched alkanes of at least 4 members (excludes halogenated alkanes) is 13. The number of hydrogen-bond acceptors (Lipinski definition) is 5. The van der Waals surface area contributed by atoms with Gasteiger partial charge in [-0.1, -0.05) is 77.0 Å². The van der Waals surface area contributed by atoms with E-state index in [-0.39, 0.29) is 31.0 Å². The molecule has 0 aromatic rings. The lowest BCUT2D eigenvalue weighted by molar-refractivity contribution is -0.144. The third-order valence-corrected chi connectivity index (χ3v) is 6.41. The molecule has 0 saturated heterocycles. The van der Waals surface area contributed by atoms with Crippen LogP contribution in [0.5, 0.6) is 0 Å². The number of amides is 1. The van der Waals surface area contributed by atoms with Gasteiger partial charge in [-0.25, -0.2) is 0 Å². The van der Waals surface area contributed by atoms with Crippen LogP contribution in [0.15, 0.2) is 0 Å². The van der Waals surface area contributed by atoms with Crippen LogP contribution in [0.4, 0.5) is 0 Å². The molecule has 0 spiro atoms. The van der Waals surface area contributed by atoms with Gasteiger partial charge in [0.2, 0.25) is 5.91 Å². The van der Waals surface area contributed by atoms with Crippen molar-refractivity contribution in [2.75, 3.05) is 19.8 Å². The van der Waals surface area contributed by atoms with Crippen LogP contribution in [-0.4, -0.2) is 53.6 Å². The zero-order valence-corrected chi connectivity index (χ0v) is 22.6. The molecular formula is C28H51NO7. The molecule has 0 aliphatic heterocycles. The zero-order chi connectivity index (χ0) is 26.9. The maximum atomic E-state index is 12.2. The number of Topliss-reactive ketones (excluding diaryl/α,β-unsaturated/α-hetero) is 1. The summed E-state index contributed by atoms with van der Waals surface area (Å²) in [7, 11) is 0. The smallest absolute Gasteiger partial charge is 0.306 e. The van der Waals surface area contributed by atoms with E-state index in [9.17, 15) is 24.3 Å². The molecule has 0 saturated carbocycles. The topological polar surface area (TPSA) is 130 Å². The van der Waals surface area contributed by atoms with Crippen LogP contribution in [0.2, 0.25) is 0 Å². The molecule has 0 aliphatic carbocycles. The van der Waals surface area contributed by atoms with Gasteiger partial charge in [-0.05, 0) is 26.2 Å². The first-order valence-electron chi connectivity index (χ1n) is 14.2. The number of carbonyl (C=O) groups excluding carboxylic acids is 2. The number of carboxylic acid groups (broad SMARTS) is 2. The number of carboxylic acids is 2. The van der Waals surface area contributed by atoms with Crippen LogP contribution < -0.4 is 5.32 Å². The van der Waals surface area contributed by atoms with E-state index in [2.05, 4.69) is 5.32 Å². The van der Waals surface area contributed by atoms with Crippen molar-refractivity contribution in [1.29, 1.82) is 0 Å². The van der Waals surface area contributed by atoms with Crippen LogP contribution in [0.1, 0.15) is 129 Å². The molecule has 0 radical (unpaired) electrons. The van der Waals surface area contributed by atoms with Crippen molar-refractivity contribution >= 4 is 23.6 Å². The van der Waals surface area contributed by atoms with Crippen molar-refractivity contribution in [2.24, 2.45) is 5.92 Å². The highest BCUT2D eigenvalue weighted by atomic mass is 16.5. The van der Waals surface area contributed by atoms with Gasteiger partial charge in [-0.3, -0.25) is 19.2 Å². The van der Waals surface area contributed by atoms with Crippen LogP contribution in [0, 0.1) is 5.92 Å². The lowest BCUT2D eigenvalue weighted by Crippen LogP contribution is -2.28. The summed E-state index contributed by atoms with van der Waals surface area (Å²) in [5.74, 6) is -2.75. The molecule has 0 bridgehead atoms. The molecule has 36 heavy (non-hydrogen) atoms. The van der Waals surface area contributed by atoms with E-state index in [1.165, 1.54) is 51.4 Å². The number of rotatable bonds is 27. The summed E-state index contributed by atoms with van der Waals surface area (Å²) < 4.78 is 5.14. The molecule has 0 aromatic heterocycles. The van der Waals surface area contributed by atoms with Gasteiger partial charge in [-0.15, -0.1) is 0 Å². The standard InChI is InChI=1S/C28H51NO7/c1-2-36-22-21-29-26(31)20-19-24(28(34)35)23-25(30)17-15-13-11-9-7-5-3-4-6-8-10-12-14-16-18-27(32)33/h24H,2-23H2,1H3,(H,29,31)(H,32,33)(H,34,35)/t24-/m1/s1. The van der Waals surface area contributed by atoms with E-state index in [1.54, 1.807) is 0 Å². The number of carbonyl (C=O) groups is 4. The molecular weight excluding hydrogens is 462 g/mol. The fourth-order valence-electron chi connectivity index (χ4n) is 4.21. The van der Waals surface area contributed by atoms with E-state index >= 15 is 0 Å². The van der Waals surface area contributed by atoms with Crippen molar-refractivity contribution in [3.05, 3.63) is 0 Å². The highest BCUT2D eigenvalue weighted by Crippen LogP contribution is 2.17. The highest BCUT2D eigenvalue weighted by Gasteiger charge is 2.21. The van der Waals surface area contributed by atoms with Gasteiger partial charge < -0.3 is 20.3 Å². The van der Waals surface area contributed by atoms with E-state index in [0.29, 0.717) is 32.6 Å². The predicted octanol–water partition coefficient (Wildman–Crippen LogP) is 5.91. The predicted molar refractivity (Wildman–Crippen MR) is 141 cm³/mol. The summed E-state index contributed by atoms with van der Waals surface area (Å²) in [4.78, 5) is 45.9. The van der Waals surface area contributed by atoms with E-state index < -0.39 is 17.9 Å². The van der Waals surface area contributed by atoms with Crippen LogP contribution in [-0.2, 0) is 23.9 Å². The summed E-state index contributed by atoms with van der Waals surface area (Å²) in [5, 5.41) is 20.7. The van der Waals surface area contributed by atoms with E-state index in [4.69, 9.17) is 9.84 Å². The Kier molecular flexibility index (Phi) is 23.4. The Labute approximate surface area is 217 Å². The third-order valence-electron chi connectivity index (χ3n) is 6.41. The second-order valence-corrected chi connectivity index (χ2v) is 9.71. The van der Waals surface area contributed by atoms with Gasteiger partial charge in [0.1, 0.15) is 5.78 Å². The molecule has 0 aromatic carbocycles. The monoisotopic (exact) mass is 513 g/mol. The molecule has 0 heterocycles. The number of ketones is 1. The molecule has 8 heteroatoms. The number of aliphatic carboxylic acids is 2. The number of ether oxygens (including phenoxy) is 1. The van der Waals surface area contributed by atoms with Crippen molar-refractivity contribution in [3.63, 3.8) is 0 Å². The summed E-state index contributed by atoms with van der Waals surface area (Å²) in [5.41, 5.74) is 0. The average Bonchev–Trinajstić information content (AvgIpc) is 2.83. The van der Waals surface area contributed by atoms with E-state index in [0.717, 1.165) is 38.5 Å². The van der Waals surface area contributed by atoms with E-state index in [1.807, 2.05) is 6.92 Å². The van der Waals surface area contributed by atoms with Crippen molar-refractivity contribution in [3.8, 4) is 0 Å². The Bertz CT molecular complexity index is 594. The molecule has 0 rings (SSSR count). The number of hydrogen-bond donors (Lipinski definition) is 3. The Morgan fingerprint density at radius 1 is 0.694 bits per heavy atom. The molecule has 1 amide bonds. The minimum atomic E-state index is -1.01. The fourth-order valence-corrected chi connectivity index (χ4v) is 4.21. The Morgan fingerprint density at radius 3 is 1.61 bits per heavy atom. The van der Waals surface area contributed by atoms with Crippen molar-refractivity contribution < 1.29 is 34.1 Å². The largest absolute Gasteiger partial charge is 0.481 e. The fraction of sp³-hybridized carbons (Fsp3) is 0.857. The molecule has 8 nitrogen and oxygen atoms in total. The van der Waals surface area contributed by atoms with Gasteiger partial charge >= 0.3 is 11.9 Å². The lowest BCUT2D eigenvalue weighted by atomic mass is 9.94. The van der Waals surface area contributed by atoms with Gasteiger partial charge in [0.05, 0.1) is 12.5 Å². The first-order valence-corrected chi connectivity index (χ1v) is 14.2. The lowest BCUT2D eigenvalue weighted by Gasteiger charge is -2.12. The molecule has 210 valence electrons. The molecule has 0 unspecified atom stereocenters. The normalized spacial score (nSPS) is 11.8. The Morgan fingerprint density at radius 2 is 1.17 bits per heavy atom. The SMILES string of the molecule is CCOCCNC(=O)CC[C@H](CC(=O)CCCCCCCCCCCCCCCCC(=O)O)C(=O)O. The minimum Gasteiger partial charge on any atom is -0.481 e. The molecule has 1 atom stereocenters. The zero-order valence-electron chi connectivity index (χ0n) is 22.6. The van der Waals surface area contributed by atoms with Crippen molar-refractivity contribution in [2.45, 2.75) is 129 Å². The Hall–Kier alpha value is -1.96. The Balaban J connectivity index is 3.60. The van der Waals surface area contributed by atoms with Gasteiger partial charge in [0, 0.05) is 38.8 Å².